The van der Waals surface area contributed by atoms with E-state index >= 15 is 0 Å². The zero-order chi connectivity index (χ0) is 12.2. The highest BCUT2D eigenvalue weighted by molar-refractivity contribution is 5.00. The van der Waals surface area contributed by atoms with E-state index in [1.807, 2.05) is 13.8 Å². The van der Waals surface area contributed by atoms with E-state index in [0.29, 0.717) is 18.3 Å². The summed E-state index contributed by atoms with van der Waals surface area (Å²) in [6, 6.07) is 0. The van der Waals surface area contributed by atoms with Crippen molar-refractivity contribution in [2.75, 3.05) is 13.7 Å². The first-order chi connectivity index (χ1) is 7.55. The van der Waals surface area contributed by atoms with Gasteiger partial charge in [-0.25, -0.2) is 0 Å². The van der Waals surface area contributed by atoms with Gasteiger partial charge >= 0.3 is 0 Å². The van der Waals surface area contributed by atoms with Gasteiger partial charge in [0, 0.05) is 13.7 Å². The van der Waals surface area contributed by atoms with Crippen LogP contribution in [-0.4, -0.2) is 23.8 Å². The summed E-state index contributed by atoms with van der Waals surface area (Å²) in [4.78, 5) is 4.36. The fourth-order valence-corrected chi connectivity index (χ4v) is 1.43. The molecule has 0 aliphatic rings. The number of nitrogens with two attached hydrogens (primary N) is 1. The zero-order valence-corrected chi connectivity index (χ0v) is 10.5. The van der Waals surface area contributed by atoms with Gasteiger partial charge in [-0.3, -0.25) is 0 Å². The molecule has 0 aromatic carbocycles. The molecule has 0 saturated carbocycles. The number of hydrogen-bond donors (Lipinski definition) is 1. The molecule has 1 rings (SSSR count). The highest BCUT2D eigenvalue weighted by atomic mass is 16.5. The maximum atomic E-state index is 5.68. The Bertz CT molecular complexity index is 323. The summed E-state index contributed by atoms with van der Waals surface area (Å²) >= 11 is 0. The molecule has 1 aromatic rings. The molecule has 2 N–H and O–H groups in total. The Labute approximate surface area is 96.4 Å². The smallest absolute Gasteiger partial charge is 0.231 e. The fourth-order valence-electron chi connectivity index (χ4n) is 1.43. The quantitative estimate of drug-likeness (QED) is 0.802. The number of hydrogen-bond acceptors (Lipinski definition) is 5. The number of rotatable bonds is 6. The van der Waals surface area contributed by atoms with Gasteiger partial charge in [0.1, 0.15) is 5.60 Å². The van der Waals surface area contributed by atoms with Crippen molar-refractivity contribution in [2.45, 2.75) is 45.1 Å². The van der Waals surface area contributed by atoms with Gasteiger partial charge in [-0.2, -0.15) is 4.98 Å². The molecule has 0 aliphatic carbocycles. The molecule has 1 aromatic heterocycles. The Morgan fingerprint density at radius 3 is 2.69 bits per heavy atom. The van der Waals surface area contributed by atoms with E-state index in [9.17, 15) is 0 Å². The van der Waals surface area contributed by atoms with Crippen LogP contribution in [0, 0.1) is 0 Å². The van der Waals surface area contributed by atoms with Crippen molar-refractivity contribution < 1.29 is 9.26 Å². The highest BCUT2D eigenvalue weighted by Gasteiger charge is 2.27. The first-order valence-corrected chi connectivity index (χ1v) is 5.64. The van der Waals surface area contributed by atoms with Crippen LogP contribution in [0.15, 0.2) is 4.52 Å². The van der Waals surface area contributed by atoms with E-state index in [1.165, 1.54) is 0 Å². The van der Waals surface area contributed by atoms with Gasteiger partial charge in [0.05, 0.1) is 5.92 Å². The molecule has 5 nitrogen and oxygen atoms in total. The third-order valence-electron chi connectivity index (χ3n) is 2.76. The van der Waals surface area contributed by atoms with Gasteiger partial charge in [-0.1, -0.05) is 18.5 Å². The lowest BCUT2D eigenvalue weighted by Crippen LogP contribution is -2.21. The summed E-state index contributed by atoms with van der Waals surface area (Å²) in [7, 11) is 1.63. The van der Waals surface area contributed by atoms with Crippen LogP contribution in [0.25, 0.3) is 0 Å². The third kappa shape index (κ3) is 2.80. The largest absolute Gasteiger partial charge is 0.371 e. The summed E-state index contributed by atoms with van der Waals surface area (Å²) < 4.78 is 10.5. The van der Waals surface area contributed by atoms with Crippen molar-refractivity contribution in [3.8, 4) is 0 Å². The van der Waals surface area contributed by atoms with Crippen LogP contribution in [0.3, 0.4) is 0 Å². The van der Waals surface area contributed by atoms with E-state index in [4.69, 9.17) is 15.0 Å². The lowest BCUT2D eigenvalue weighted by Gasteiger charge is -2.17. The predicted molar refractivity (Wildman–Crippen MR) is 61.0 cm³/mol. The first-order valence-electron chi connectivity index (χ1n) is 5.64. The topological polar surface area (TPSA) is 74.2 Å². The van der Waals surface area contributed by atoms with Crippen LogP contribution in [0.2, 0.25) is 0 Å². The van der Waals surface area contributed by atoms with Crippen molar-refractivity contribution in [1.82, 2.24) is 10.1 Å². The van der Waals surface area contributed by atoms with Crippen LogP contribution >= 0.6 is 0 Å². The lowest BCUT2D eigenvalue weighted by atomic mass is 10.0. The molecule has 1 heterocycles. The first kappa shape index (κ1) is 13.1. The molecule has 0 amide bonds. The summed E-state index contributed by atoms with van der Waals surface area (Å²) in [6.45, 7) is 6.44. The van der Waals surface area contributed by atoms with E-state index in [-0.39, 0.29) is 5.92 Å². The van der Waals surface area contributed by atoms with Crippen LogP contribution in [0.5, 0.6) is 0 Å². The van der Waals surface area contributed by atoms with Gasteiger partial charge in [0.25, 0.3) is 0 Å². The van der Waals surface area contributed by atoms with Crippen molar-refractivity contribution in [1.29, 1.82) is 0 Å². The minimum Gasteiger partial charge on any atom is -0.371 e. The van der Waals surface area contributed by atoms with Gasteiger partial charge < -0.3 is 15.0 Å². The number of ether oxygens (including phenoxy) is 1. The van der Waals surface area contributed by atoms with E-state index < -0.39 is 5.60 Å². The molecular weight excluding hydrogens is 206 g/mol. The van der Waals surface area contributed by atoms with E-state index in [2.05, 4.69) is 17.1 Å². The molecule has 0 bridgehead atoms. The summed E-state index contributed by atoms with van der Waals surface area (Å²) in [6.07, 6.45) is 2.01. The molecule has 0 aliphatic heterocycles. The Morgan fingerprint density at radius 2 is 2.19 bits per heavy atom. The zero-order valence-electron chi connectivity index (χ0n) is 10.5. The molecular formula is C11H21N3O2. The summed E-state index contributed by atoms with van der Waals surface area (Å²) in [5.74, 6) is 1.34. The second kappa shape index (κ2) is 5.41. The van der Waals surface area contributed by atoms with Gasteiger partial charge in [-0.05, 0) is 20.3 Å². The number of methoxy groups -OCH3 is 1. The monoisotopic (exact) mass is 227 g/mol. The summed E-state index contributed by atoms with van der Waals surface area (Å²) in [5, 5.41) is 3.94. The standard InChI is InChI=1S/C11H21N3O2/c1-5-6-8(7-12)9-13-10(14-16-9)11(2,3)15-4/h8H,5-7,12H2,1-4H3. The average molecular weight is 227 g/mol. The Balaban J connectivity index is 2.85. The second-order valence-corrected chi connectivity index (χ2v) is 4.39. The maximum Gasteiger partial charge on any atom is 0.231 e. The molecule has 0 saturated heterocycles. The molecule has 92 valence electrons. The average Bonchev–Trinajstić information content (AvgIpc) is 2.75. The van der Waals surface area contributed by atoms with Crippen LogP contribution in [0.1, 0.15) is 51.2 Å². The second-order valence-electron chi connectivity index (χ2n) is 4.39. The minimum absolute atomic E-state index is 0.152. The van der Waals surface area contributed by atoms with Gasteiger partial charge in [0.2, 0.25) is 11.7 Å². The van der Waals surface area contributed by atoms with Crippen LogP contribution in [0.4, 0.5) is 0 Å². The van der Waals surface area contributed by atoms with Crippen molar-refractivity contribution in [3.05, 3.63) is 11.7 Å². The minimum atomic E-state index is -0.521. The van der Waals surface area contributed by atoms with Gasteiger partial charge in [-0.15, -0.1) is 0 Å². The number of nitrogens with zero attached hydrogens (tertiary/aromatic N) is 2. The van der Waals surface area contributed by atoms with Crippen molar-refractivity contribution in [3.63, 3.8) is 0 Å². The predicted octanol–water partition coefficient (Wildman–Crippen LogP) is 1.79. The van der Waals surface area contributed by atoms with Gasteiger partial charge in [0.15, 0.2) is 0 Å². The van der Waals surface area contributed by atoms with Crippen LogP contribution < -0.4 is 5.73 Å². The molecule has 0 fully saturated rings. The number of aromatic nitrogens is 2. The summed E-state index contributed by atoms with van der Waals surface area (Å²) in [5.41, 5.74) is 5.16. The molecule has 1 unspecified atom stereocenters. The maximum absolute atomic E-state index is 5.68. The highest BCUT2D eigenvalue weighted by Crippen LogP contribution is 2.24. The van der Waals surface area contributed by atoms with Crippen molar-refractivity contribution >= 4 is 0 Å². The Morgan fingerprint density at radius 1 is 1.50 bits per heavy atom. The lowest BCUT2D eigenvalue weighted by molar-refractivity contribution is 0.00973. The molecule has 16 heavy (non-hydrogen) atoms. The molecule has 5 heteroatoms. The fraction of sp³-hybridized carbons (Fsp3) is 0.818. The molecule has 0 radical (unpaired) electrons. The van der Waals surface area contributed by atoms with E-state index in [0.717, 1.165) is 12.8 Å². The Kier molecular flexibility index (Phi) is 4.44. The SMILES string of the molecule is CCCC(CN)c1nc(C(C)(C)OC)no1. The van der Waals surface area contributed by atoms with Crippen molar-refractivity contribution in [2.24, 2.45) is 5.73 Å². The third-order valence-corrected chi connectivity index (χ3v) is 2.76. The molecule has 1 atom stereocenters. The Hall–Kier alpha value is -0.940. The van der Waals surface area contributed by atoms with E-state index in [1.54, 1.807) is 7.11 Å². The van der Waals surface area contributed by atoms with Crippen LogP contribution in [-0.2, 0) is 10.3 Å². The normalized spacial score (nSPS) is 14.1. The molecule has 0 spiro atoms.